The van der Waals surface area contributed by atoms with Gasteiger partial charge in [-0.2, -0.15) is 5.26 Å². The summed E-state index contributed by atoms with van der Waals surface area (Å²) in [5.74, 6) is 0.271. The second-order valence-electron chi connectivity index (χ2n) is 2.97. The van der Waals surface area contributed by atoms with E-state index in [9.17, 15) is 0 Å². The van der Waals surface area contributed by atoms with Gasteiger partial charge in [-0.1, -0.05) is 0 Å². The van der Waals surface area contributed by atoms with Gasteiger partial charge in [-0.3, -0.25) is 9.59 Å². The third-order valence-corrected chi connectivity index (χ3v) is 2.50. The Hall–Kier alpha value is -0.770. The van der Waals surface area contributed by atoms with Gasteiger partial charge in [0.1, 0.15) is 11.9 Å². The predicted octanol–water partition coefficient (Wildman–Crippen LogP) is 0.751. The minimum absolute atomic E-state index is 0.271. The number of nitrogens with one attached hydrogen (secondary N) is 2. The molecule has 0 aromatic carbocycles. The summed E-state index contributed by atoms with van der Waals surface area (Å²) in [6.45, 7) is 1.73. The van der Waals surface area contributed by atoms with Crippen molar-refractivity contribution >= 4 is 18.1 Å². The van der Waals surface area contributed by atoms with E-state index in [4.69, 9.17) is 14.9 Å². The zero-order chi connectivity index (χ0) is 10.4. The minimum Gasteiger partial charge on any atom is -0.357 e. The van der Waals surface area contributed by atoms with Crippen molar-refractivity contribution in [2.24, 2.45) is 0 Å². The predicted molar refractivity (Wildman–Crippen MR) is 55.7 cm³/mol. The van der Waals surface area contributed by atoms with Gasteiger partial charge < -0.3 is 4.90 Å². The molecule has 0 aliphatic carbocycles. The van der Waals surface area contributed by atoms with Crippen LogP contribution >= 0.6 is 12.2 Å². The van der Waals surface area contributed by atoms with Crippen LogP contribution in [0.1, 0.15) is 12.8 Å². The largest absolute Gasteiger partial charge is 0.357 e. The molecule has 1 unspecified atom stereocenters. The summed E-state index contributed by atoms with van der Waals surface area (Å²) in [6.07, 6.45) is 1.42. The molecule has 1 aliphatic rings. The summed E-state index contributed by atoms with van der Waals surface area (Å²) in [5.41, 5.74) is 0. The Morgan fingerprint density at radius 1 is 1.64 bits per heavy atom. The van der Waals surface area contributed by atoms with Gasteiger partial charge in [-0.15, -0.1) is 0 Å². The highest BCUT2D eigenvalue weighted by atomic mass is 32.2. The number of rotatable bonds is 4. The Kier molecular flexibility index (Phi) is 4.73. The van der Waals surface area contributed by atoms with E-state index >= 15 is 0 Å². The van der Waals surface area contributed by atoms with E-state index in [1.54, 1.807) is 7.05 Å². The zero-order valence-corrected chi connectivity index (χ0v) is 8.93. The quantitative estimate of drug-likeness (QED) is 0.313. The van der Waals surface area contributed by atoms with Crippen molar-refractivity contribution in [3.05, 3.63) is 0 Å². The van der Waals surface area contributed by atoms with Crippen LogP contribution in [0.3, 0.4) is 0 Å². The molecular formula is C8H14N4OS. The van der Waals surface area contributed by atoms with Crippen LogP contribution in [0.15, 0.2) is 0 Å². The van der Waals surface area contributed by atoms with Gasteiger partial charge in [0.05, 0.1) is 12.2 Å². The maximum atomic E-state index is 8.80. The highest BCUT2D eigenvalue weighted by molar-refractivity contribution is 7.92. The molecule has 0 saturated carbocycles. The third kappa shape index (κ3) is 2.87. The number of likely N-dealkylation sites (tertiary alicyclic amines) is 1. The Morgan fingerprint density at radius 2 is 2.29 bits per heavy atom. The minimum atomic E-state index is -0.773. The van der Waals surface area contributed by atoms with E-state index < -0.39 is 6.10 Å². The SMILES string of the molecule is CNSOC(C#N)C(=N)N1CCCC1. The molecule has 1 heterocycles. The Bertz CT molecular complexity index is 234. The van der Waals surface area contributed by atoms with E-state index in [2.05, 4.69) is 4.72 Å². The fraction of sp³-hybridized carbons (Fsp3) is 0.750. The first kappa shape index (κ1) is 11.3. The molecule has 1 aliphatic heterocycles. The summed E-state index contributed by atoms with van der Waals surface area (Å²) < 4.78 is 7.80. The van der Waals surface area contributed by atoms with Crippen molar-refractivity contribution in [1.82, 2.24) is 9.62 Å². The standard InChI is InChI=1S/C8H14N4OS/c1-11-14-13-7(6-9)8(10)12-4-2-3-5-12/h7,10-11H,2-5H2,1H3. The summed E-state index contributed by atoms with van der Waals surface area (Å²) in [5, 5.41) is 16.6. The average molecular weight is 214 g/mol. The lowest BCUT2D eigenvalue weighted by molar-refractivity contribution is 0.340. The molecule has 0 amide bonds. The van der Waals surface area contributed by atoms with Crippen LogP contribution < -0.4 is 4.72 Å². The van der Waals surface area contributed by atoms with Crippen molar-refractivity contribution in [3.8, 4) is 6.07 Å². The van der Waals surface area contributed by atoms with Gasteiger partial charge in [0, 0.05) is 13.1 Å². The van der Waals surface area contributed by atoms with Crippen molar-refractivity contribution in [1.29, 1.82) is 10.7 Å². The first-order valence-corrected chi connectivity index (χ1v) is 5.26. The molecule has 0 radical (unpaired) electrons. The molecule has 1 saturated heterocycles. The second kappa shape index (κ2) is 5.86. The van der Waals surface area contributed by atoms with Gasteiger partial charge in [-0.25, -0.2) is 4.72 Å². The van der Waals surface area contributed by atoms with Gasteiger partial charge in [0.25, 0.3) is 0 Å². The fourth-order valence-corrected chi connectivity index (χ4v) is 1.67. The highest BCUT2D eigenvalue weighted by Gasteiger charge is 2.23. The van der Waals surface area contributed by atoms with Gasteiger partial charge in [0.2, 0.25) is 6.10 Å². The van der Waals surface area contributed by atoms with Gasteiger partial charge in [-0.05, 0) is 19.9 Å². The van der Waals surface area contributed by atoms with E-state index in [1.807, 2.05) is 11.0 Å². The molecule has 78 valence electrons. The Morgan fingerprint density at radius 3 is 2.79 bits per heavy atom. The summed E-state index contributed by atoms with van der Waals surface area (Å²) in [6, 6.07) is 1.96. The molecule has 1 atom stereocenters. The summed E-state index contributed by atoms with van der Waals surface area (Å²) in [7, 11) is 1.71. The van der Waals surface area contributed by atoms with Crippen LogP contribution in [0.5, 0.6) is 0 Å². The van der Waals surface area contributed by atoms with Crippen LogP contribution in [0.4, 0.5) is 0 Å². The molecule has 1 rings (SSSR count). The maximum absolute atomic E-state index is 8.80. The number of amidine groups is 1. The van der Waals surface area contributed by atoms with Gasteiger partial charge in [0.15, 0.2) is 0 Å². The average Bonchev–Trinajstić information content (AvgIpc) is 2.71. The van der Waals surface area contributed by atoms with Crippen molar-refractivity contribution in [2.75, 3.05) is 20.1 Å². The Balaban J connectivity index is 2.43. The molecule has 0 bridgehead atoms. The van der Waals surface area contributed by atoms with E-state index in [0.717, 1.165) is 38.2 Å². The topological polar surface area (TPSA) is 72.1 Å². The van der Waals surface area contributed by atoms with E-state index in [1.165, 1.54) is 0 Å². The molecule has 0 aromatic rings. The maximum Gasteiger partial charge on any atom is 0.216 e. The Labute approximate surface area is 88.3 Å². The van der Waals surface area contributed by atoms with Crippen LogP contribution in [-0.4, -0.2) is 37.0 Å². The first-order chi connectivity index (χ1) is 6.79. The van der Waals surface area contributed by atoms with Crippen LogP contribution in [0.2, 0.25) is 0 Å². The number of hydrogen-bond donors (Lipinski definition) is 2. The van der Waals surface area contributed by atoms with E-state index in [-0.39, 0.29) is 5.84 Å². The van der Waals surface area contributed by atoms with Gasteiger partial charge >= 0.3 is 0 Å². The lowest BCUT2D eigenvalue weighted by Gasteiger charge is -2.20. The molecule has 2 N–H and O–H groups in total. The lowest BCUT2D eigenvalue weighted by atomic mass is 10.3. The van der Waals surface area contributed by atoms with E-state index in [0.29, 0.717) is 0 Å². The fourth-order valence-electron chi connectivity index (χ4n) is 1.35. The summed E-state index contributed by atoms with van der Waals surface area (Å²) in [4.78, 5) is 1.89. The number of nitrogens with zero attached hydrogens (tertiary/aromatic N) is 2. The second-order valence-corrected chi connectivity index (χ2v) is 3.74. The number of hydrogen-bond acceptors (Lipinski definition) is 5. The third-order valence-electron chi connectivity index (χ3n) is 2.04. The molecule has 0 aromatic heterocycles. The van der Waals surface area contributed by atoms with Crippen molar-refractivity contribution in [3.63, 3.8) is 0 Å². The highest BCUT2D eigenvalue weighted by Crippen LogP contribution is 2.12. The van der Waals surface area contributed by atoms with Crippen LogP contribution in [0.25, 0.3) is 0 Å². The normalized spacial score (nSPS) is 17.9. The lowest BCUT2D eigenvalue weighted by Crippen LogP contribution is -2.36. The smallest absolute Gasteiger partial charge is 0.216 e. The molecule has 5 nitrogen and oxygen atoms in total. The monoisotopic (exact) mass is 214 g/mol. The summed E-state index contributed by atoms with van der Waals surface area (Å²) >= 11 is 0.988. The molecule has 14 heavy (non-hydrogen) atoms. The zero-order valence-electron chi connectivity index (χ0n) is 8.12. The first-order valence-electron chi connectivity index (χ1n) is 4.51. The van der Waals surface area contributed by atoms with Crippen molar-refractivity contribution < 1.29 is 4.18 Å². The van der Waals surface area contributed by atoms with Crippen molar-refractivity contribution in [2.45, 2.75) is 18.9 Å². The molecule has 6 heteroatoms. The number of nitriles is 1. The molecule has 1 fully saturated rings. The molecule has 0 spiro atoms. The van der Waals surface area contributed by atoms with Crippen LogP contribution in [0, 0.1) is 16.7 Å². The molecular weight excluding hydrogens is 200 g/mol. The van der Waals surface area contributed by atoms with Crippen LogP contribution in [-0.2, 0) is 4.18 Å².